The van der Waals surface area contributed by atoms with E-state index in [2.05, 4.69) is 12.2 Å². The lowest BCUT2D eigenvalue weighted by Crippen LogP contribution is -2.30. The van der Waals surface area contributed by atoms with E-state index in [4.69, 9.17) is 9.47 Å². The summed E-state index contributed by atoms with van der Waals surface area (Å²) in [6.07, 6.45) is 3.07. The van der Waals surface area contributed by atoms with Gasteiger partial charge < -0.3 is 14.8 Å². The van der Waals surface area contributed by atoms with Gasteiger partial charge in [0.15, 0.2) is 6.61 Å². The maximum absolute atomic E-state index is 11.7. The molecule has 0 heterocycles. The number of carbonyl (C=O) groups excluding carboxylic acids is 1. The van der Waals surface area contributed by atoms with Crippen molar-refractivity contribution in [1.29, 1.82) is 0 Å². The molecule has 0 aromatic heterocycles. The molecular formula is C17H27NO3. The smallest absolute Gasteiger partial charge is 0.257 e. The molecule has 0 aliphatic rings. The van der Waals surface area contributed by atoms with Crippen LogP contribution in [0.1, 0.15) is 37.3 Å². The molecule has 1 rings (SSSR count). The van der Waals surface area contributed by atoms with Crippen LogP contribution in [0.25, 0.3) is 0 Å². The number of unbranched alkanes of at least 4 members (excludes halogenated alkanes) is 1. The molecule has 0 saturated carbocycles. The summed E-state index contributed by atoms with van der Waals surface area (Å²) in [4.78, 5) is 11.7. The number of ether oxygens (including phenoxy) is 2. The van der Waals surface area contributed by atoms with Crippen LogP contribution in [0.4, 0.5) is 0 Å². The minimum atomic E-state index is -0.0931. The first-order valence-corrected chi connectivity index (χ1v) is 7.68. The number of carbonyl (C=O) groups is 1. The van der Waals surface area contributed by atoms with Crippen LogP contribution >= 0.6 is 0 Å². The Kier molecular flexibility index (Phi) is 8.51. The first kappa shape index (κ1) is 17.5. The van der Waals surface area contributed by atoms with Crippen molar-refractivity contribution in [1.82, 2.24) is 5.32 Å². The zero-order chi connectivity index (χ0) is 15.5. The van der Waals surface area contributed by atoms with Crippen LogP contribution in [-0.4, -0.2) is 32.3 Å². The Balaban J connectivity index is 2.12. The summed E-state index contributed by atoms with van der Waals surface area (Å²) < 4.78 is 11.0. The van der Waals surface area contributed by atoms with Gasteiger partial charge in [-0.15, -0.1) is 0 Å². The lowest BCUT2D eigenvalue weighted by molar-refractivity contribution is -0.123. The molecule has 0 bridgehead atoms. The molecule has 0 unspecified atom stereocenters. The predicted molar refractivity (Wildman–Crippen MR) is 84.8 cm³/mol. The zero-order valence-electron chi connectivity index (χ0n) is 13.4. The Morgan fingerprint density at radius 3 is 2.71 bits per heavy atom. The van der Waals surface area contributed by atoms with Crippen LogP contribution in [0.15, 0.2) is 18.2 Å². The van der Waals surface area contributed by atoms with Gasteiger partial charge in [-0.2, -0.15) is 0 Å². The summed E-state index contributed by atoms with van der Waals surface area (Å²) in [5.74, 6) is 0.678. The topological polar surface area (TPSA) is 47.6 Å². The molecule has 0 saturated heterocycles. The second-order valence-electron chi connectivity index (χ2n) is 5.23. The van der Waals surface area contributed by atoms with Crippen molar-refractivity contribution in [2.45, 2.75) is 40.0 Å². The van der Waals surface area contributed by atoms with E-state index in [1.165, 1.54) is 0 Å². The predicted octanol–water partition coefficient (Wildman–Crippen LogP) is 3.01. The van der Waals surface area contributed by atoms with Crippen LogP contribution < -0.4 is 10.1 Å². The molecule has 0 radical (unpaired) electrons. The largest absolute Gasteiger partial charge is 0.483 e. The highest BCUT2D eigenvalue weighted by atomic mass is 16.5. The minimum Gasteiger partial charge on any atom is -0.483 e. The number of rotatable bonds is 10. The van der Waals surface area contributed by atoms with Crippen molar-refractivity contribution in [2.24, 2.45) is 0 Å². The molecule has 0 aliphatic heterocycles. The van der Waals surface area contributed by atoms with Gasteiger partial charge in [-0.05, 0) is 43.9 Å². The van der Waals surface area contributed by atoms with Gasteiger partial charge in [-0.1, -0.05) is 25.5 Å². The summed E-state index contributed by atoms with van der Waals surface area (Å²) in [5, 5.41) is 2.83. The fourth-order valence-electron chi connectivity index (χ4n) is 1.81. The van der Waals surface area contributed by atoms with Crippen LogP contribution in [0.3, 0.4) is 0 Å². The van der Waals surface area contributed by atoms with Crippen molar-refractivity contribution >= 4 is 5.91 Å². The molecule has 1 N–H and O–H groups in total. The van der Waals surface area contributed by atoms with Crippen LogP contribution in [0.5, 0.6) is 5.75 Å². The molecule has 1 aromatic carbocycles. The van der Waals surface area contributed by atoms with E-state index < -0.39 is 0 Å². The molecule has 118 valence electrons. The average molecular weight is 293 g/mol. The Labute approximate surface area is 127 Å². The Bertz CT molecular complexity index is 432. The Hall–Kier alpha value is -1.55. The normalized spacial score (nSPS) is 10.4. The van der Waals surface area contributed by atoms with E-state index in [1.54, 1.807) is 0 Å². The van der Waals surface area contributed by atoms with Gasteiger partial charge in [0.1, 0.15) is 5.75 Å². The van der Waals surface area contributed by atoms with Gasteiger partial charge >= 0.3 is 0 Å². The first-order valence-electron chi connectivity index (χ1n) is 7.68. The summed E-state index contributed by atoms with van der Waals surface area (Å²) in [6, 6.07) is 5.97. The highest BCUT2D eigenvalue weighted by Gasteiger charge is 2.04. The quantitative estimate of drug-likeness (QED) is 0.675. The van der Waals surface area contributed by atoms with Crippen LogP contribution in [-0.2, 0) is 9.53 Å². The van der Waals surface area contributed by atoms with Crippen molar-refractivity contribution < 1.29 is 14.3 Å². The van der Waals surface area contributed by atoms with Gasteiger partial charge in [-0.3, -0.25) is 4.79 Å². The Morgan fingerprint density at radius 2 is 1.95 bits per heavy atom. The van der Waals surface area contributed by atoms with Crippen molar-refractivity contribution in [3.8, 4) is 5.75 Å². The summed E-state index contributed by atoms with van der Waals surface area (Å²) in [7, 11) is 0. The van der Waals surface area contributed by atoms with Gasteiger partial charge in [0.2, 0.25) is 0 Å². The summed E-state index contributed by atoms with van der Waals surface area (Å²) >= 11 is 0. The van der Waals surface area contributed by atoms with Gasteiger partial charge in [-0.25, -0.2) is 0 Å². The third-order valence-electron chi connectivity index (χ3n) is 3.13. The number of benzene rings is 1. The molecule has 1 aromatic rings. The van der Waals surface area contributed by atoms with E-state index in [9.17, 15) is 4.79 Å². The molecule has 0 fully saturated rings. The van der Waals surface area contributed by atoms with Gasteiger partial charge in [0, 0.05) is 19.8 Å². The molecular weight excluding hydrogens is 266 g/mol. The first-order chi connectivity index (χ1) is 10.1. The molecule has 4 heteroatoms. The number of hydrogen-bond donors (Lipinski definition) is 1. The van der Waals surface area contributed by atoms with E-state index >= 15 is 0 Å². The van der Waals surface area contributed by atoms with E-state index in [0.29, 0.717) is 13.2 Å². The van der Waals surface area contributed by atoms with E-state index in [-0.39, 0.29) is 12.5 Å². The summed E-state index contributed by atoms with van der Waals surface area (Å²) in [5.41, 5.74) is 2.16. The van der Waals surface area contributed by atoms with Crippen LogP contribution in [0.2, 0.25) is 0 Å². The van der Waals surface area contributed by atoms with Crippen LogP contribution in [0, 0.1) is 13.8 Å². The van der Waals surface area contributed by atoms with Crippen molar-refractivity contribution in [3.05, 3.63) is 29.3 Å². The summed E-state index contributed by atoms with van der Waals surface area (Å²) in [6.45, 7) is 8.30. The van der Waals surface area contributed by atoms with Crippen molar-refractivity contribution in [2.75, 3.05) is 26.4 Å². The number of aryl methyl sites for hydroxylation is 2. The highest BCUT2D eigenvalue weighted by molar-refractivity contribution is 5.77. The minimum absolute atomic E-state index is 0.0565. The van der Waals surface area contributed by atoms with E-state index in [1.807, 2.05) is 32.0 Å². The average Bonchev–Trinajstić information content (AvgIpc) is 2.47. The fourth-order valence-corrected chi connectivity index (χ4v) is 1.81. The number of nitrogens with one attached hydrogen (secondary N) is 1. The number of amides is 1. The second-order valence-corrected chi connectivity index (χ2v) is 5.23. The van der Waals surface area contributed by atoms with Gasteiger partial charge in [0.25, 0.3) is 5.91 Å². The fraction of sp³-hybridized carbons (Fsp3) is 0.588. The van der Waals surface area contributed by atoms with E-state index in [0.717, 1.165) is 42.7 Å². The number of hydrogen-bond acceptors (Lipinski definition) is 3. The molecule has 21 heavy (non-hydrogen) atoms. The maximum atomic E-state index is 11.7. The molecule has 1 amide bonds. The molecule has 0 aliphatic carbocycles. The monoisotopic (exact) mass is 293 g/mol. The maximum Gasteiger partial charge on any atom is 0.257 e. The highest BCUT2D eigenvalue weighted by Crippen LogP contribution is 2.18. The second kappa shape index (κ2) is 10.2. The Morgan fingerprint density at radius 1 is 1.19 bits per heavy atom. The van der Waals surface area contributed by atoms with Crippen molar-refractivity contribution in [3.63, 3.8) is 0 Å². The standard InChI is InChI=1S/C17H27NO3/c1-4-5-10-20-11-6-9-18-17(19)13-21-16-12-14(2)7-8-15(16)3/h7-8,12H,4-6,9-11,13H2,1-3H3,(H,18,19). The lowest BCUT2D eigenvalue weighted by atomic mass is 10.1. The third-order valence-corrected chi connectivity index (χ3v) is 3.13. The molecule has 4 nitrogen and oxygen atoms in total. The third kappa shape index (κ3) is 7.71. The zero-order valence-corrected chi connectivity index (χ0v) is 13.4. The van der Waals surface area contributed by atoms with Gasteiger partial charge in [0.05, 0.1) is 0 Å². The SMILES string of the molecule is CCCCOCCCNC(=O)COc1cc(C)ccc1C. The lowest BCUT2D eigenvalue weighted by Gasteiger charge is -2.10. The molecule has 0 atom stereocenters. The molecule has 0 spiro atoms.